The number of aromatic nitrogens is 1. The Balaban J connectivity index is 1.34. The molecule has 232 valence electrons. The van der Waals surface area contributed by atoms with E-state index in [2.05, 4.69) is 52.5 Å². The molecule has 0 aliphatic heterocycles. The summed E-state index contributed by atoms with van der Waals surface area (Å²) >= 11 is 0. The Hall–Kier alpha value is -5.49. The van der Waals surface area contributed by atoms with E-state index in [1.807, 2.05) is 91.0 Å². The molecule has 46 heavy (non-hydrogen) atoms. The molecule has 6 heteroatoms. The number of nitrogens with one attached hydrogen (secondary N) is 1. The SMILES string of the molecule is COc1ccc(Cn2cc(C(CC(=O)NCc3ccccc3)c3ccc(OCc4ccccc4)c(OC)c3)c3ccccc32)cc1. The minimum absolute atomic E-state index is 0.0239. The topological polar surface area (TPSA) is 61.7 Å². The first kappa shape index (κ1) is 30.5. The normalized spacial score (nSPS) is 11.6. The average molecular weight is 611 g/mol. The van der Waals surface area contributed by atoms with Gasteiger partial charge in [-0.25, -0.2) is 0 Å². The highest BCUT2D eigenvalue weighted by Crippen LogP contribution is 2.39. The van der Waals surface area contributed by atoms with Crippen molar-refractivity contribution in [1.82, 2.24) is 9.88 Å². The van der Waals surface area contributed by atoms with Crippen LogP contribution in [0.5, 0.6) is 17.2 Å². The van der Waals surface area contributed by atoms with Crippen LogP contribution in [0.3, 0.4) is 0 Å². The maximum absolute atomic E-state index is 13.6. The van der Waals surface area contributed by atoms with E-state index >= 15 is 0 Å². The Labute approximate surface area is 270 Å². The molecule has 1 atom stereocenters. The molecule has 1 unspecified atom stereocenters. The predicted octanol–water partition coefficient (Wildman–Crippen LogP) is 8.12. The van der Waals surface area contributed by atoms with Gasteiger partial charge in [-0.1, -0.05) is 97.1 Å². The van der Waals surface area contributed by atoms with Crippen LogP contribution in [0, 0.1) is 0 Å². The van der Waals surface area contributed by atoms with E-state index in [0.29, 0.717) is 31.2 Å². The number of para-hydroxylation sites is 1. The summed E-state index contributed by atoms with van der Waals surface area (Å²) in [6.45, 7) is 1.59. The summed E-state index contributed by atoms with van der Waals surface area (Å²) in [5.41, 5.74) is 6.46. The number of carbonyl (C=O) groups is 1. The van der Waals surface area contributed by atoms with E-state index in [0.717, 1.165) is 44.5 Å². The van der Waals surface area contributed by atoms with Crippen LogP contribution in [0.2, 0.25) is 0 Å². The smallest absolute Gasteiger partial charge is 0.221 e. The fourth-order valence-corrected chi connectivity index (χ4v) is 5.83. The monoisotopic (exact) mass is 610 g/mol. The first-order valence-electron chi connectivity index (χ1n) is 15.5. The van der Waals surface area contributed by atoms with Gasteiger partial charge in [-0.15, -0.1) is 0 Å². The first-order valence-corrected chi connectivity index (χ1v) is 15.5. The Bertz CT molecular complexity index is 1880. The van der Waals surface area contributed by atoms with Crippen LogP contribution in [0.25, 0.3) is 10.9 Å². The molecule has 5 aromatic carbocycles. The minimum Gasteiger partial charge on any atom is -0.497 e. The van der Waals surface area contributed by atoms with Crippen LogP contribution >= 0.6 is 0 Å². The van der Waals surface area contributed by atoms with Crippen molar-refractivity contribution in [1.29, 1.82) is 0 Å². The molecule has 6 aromatic rings. The lowest BCUT2D eigenvalue weighted by atomic mass is 9.87. The number of methoxy groups -OCH3 is 2. The molecule has 1 N–H and O–H groups in total. The van der Waals surface area contributed by atoms with Crippen LogP contribution in [0.1, 0.15) is 40.2 Å². The van der Waals surface area contributed by atoms with Crippen molar-refractivity contribution in [3.63, 3.8) is 0 Å². The predicted molar refractivity (Wildman–Crippen MR) is 183 cm³/mol. The Morgan fingerprint density at radius 1 is 0.717 bits per heavy atom. The number of amides is 1. The van der Waals surface area contributed by atoms with Crippen LogP contribution in [0.15, 0.2) is 134 Å². The molecule has 0 saturated carbocycles. The van der Waals surface area contributed by atoms with E-state index < -0.39 is 0 Å². The summed E-state index contributed by atoms with van der Waals surface area (Å²) in [6, 6.07) is 42.5. The van der Waals surface area contributed by atoms with Crippen molar-refractivity contribution in [2.45, 2.75) is 32.0 Å². The van der Waals surface area contributed by atoms with Crippen LogP contribution in [0.4, 0.5) is 0 Å². The number of benzene rings is 5. The molecule has 0 fully saturated rings. The largest absolute Gasteiger partial charge is 0.497 e. The third kappa shape index (κ3) is 7.24. The highest BCUT2D eigenvalue weighted by Gasteiger charge is 2.24. The number of rotatable bonds is 13. The maximum Gasteiger partial charge on any atom is 0.221 e. The summed E-state index contributed by atoms with van der Waals surface area (Å²) in [5.74, 6) is 1.86. The van der Waals surface area contributed by atoms with Crippen molar-refractivity contribution in [2.24, 2.45) is 0 Å². The number of fused-ring (bicyclic) bond motifs is 1. The lowest BCUT2D eigenvalue weighted by molar-refractivity contribution is -0.121. The molecular formula is C40H38N2O4. The molecular weight excluding hydrogens is 572 g/mol. The van der Waals surface area contributed by atoms with Crippen molar-refractivity contribution in [2.75, 3.05) is 14.2 Å². The Kier molecular flexibility index (Phi) is 9.64. The number of hydrogen-bond acceptors (Lipinski definition) is 4. The molecule has 1 aromatic heterocycles. The first-order chi connectivity index (χ1) is 22.6. The molecule has 0 aliphatic rings. The zero-order chi connectivity index (χ0) is 31.7. The molecule has 6 nitrogen and oxygen atoms in total. The van der Waals surface area contributed by atoms with Gasteiger partial charge < -0.3 is 24.1 Å². The second-order valence-corrected chi connectivity index (χ2v) is 11.3. The zero-order valence-corrected chi connectivity index (χ0v) is 26.2. The highest BCUT2D eigenvalue weighted by molar-refractivity contribution is 5.87. The molecule has 0 spiro atoms. The van der Waals surface area contributed by atoms with Gasteiger partial charge in [0.05, 0.1) is 14.2 Å². The molecule has 6 rings (SSSR count). The summed E-state index contributed by atoms with van der Waals surface area (Å²) in [5, 5.41) is 4.25. The second kappa shape index (κ2) is 14.5. The average Bonchev–Trinajstić information content (AvgIpc) is 3.47. The van der Waals surface area contributed by atoms with Crippen LogP contribution in [-0.2, 0) is 24.5 Å². The lowest BCUT2D eigenvalue weighted by Crippen LogP contribution is -2.25. The van der Waals surface area contributed by atoms with Gasteiger partial charge in [0.2, 0.25) is 5.91 Å². The third-order valence-electron chi connectivity index (χ3n) is 8.26. The van der Waals surface area contributed by atoms with Crippen molar-refractivity contribution >= 4 is 16.8 Å². The van der Waals surface area contributed by atoms with Gasteiger partial charge in [0.25, 0.3) is 0 Å². The van der Waals surface area contributed by atoms with Gasteiger partial charge in [-0.05, 0) is 58.1 Å². The number of carbonyl (C=O) groups excluding carboxylic acids is 1. The summed E-state index contributed by atoms with van der Waals surface area (Å²) in [7, 11) is 3.32. The Morgan fingerprint density at radius 3 is 2.13 bits per heavy atom. The number of nitrogens with zero attached hydrogens (tertiary/aromatic N) is 1. The van der Waals surface area contributed by atoms with Crippen molar-refractivity contribution in [3.8, 4) is 17.2 Å². The maximum atomic E-state index is 13.6. The summed E-state index contributed by atoms with van der Waals surface area (Å²) < 4.78 is 19.6. The van der Waals surface area contributed by atoms with E-state index in [1.54, 1.807) is 14.2 Å². The van der Waals surface area contributed by atoms with Gasteiger partial charge in [0.15, 0.2) is 11.5 Å². The van der Waals surface area contributed by atoms with E-state index in [9.17, 15) is 4.79 Å². The zero-order valence-electron chi connectivity index (χ0n) is 26.2. The quantitative estimate of drug-likeness (QED) is 0.143. The molecule has 0 bridgehead atoms. The van der Waals surface area contributed by atoms with Crippen molar-refractivity contribution < 1.29 is 19.0 Å². The second-order valence-electron chi connectivity index (χ2n) is 11.3. The van der Waals surface area contributed by atoms with Gasteiger partial charge in [-0.2, -0.15) is 0 Å². The fourth-order valence-electron chi connectivity index (χ4n) is 5.83. The summed E-state index contributed by atoms with van der Waals surface area (Å²) in [4.78, 5) is 13.6. The number of hydrogen-bond donors (Lipinski definition) is 1. The fraction of sp³-hybridized carbons (Fsp3) is 0.175. The molecule has 0 radical (unpaired) electrons. The third-order valence-corrected chi connectivity index (χ3v) is 8.26. The van der Waals surface area contributed by atoms with Crippen LogP contribution in [-0.4, -0.2) is 24.7 Å². The molecule has 1 heterocycles. The standard InChI is InChI=1S/C40H38N2O4/c1-44-33-20-17-30(18-21-33)26-42-27-36(34-15-9-10-16-37(34)42)35(24-40(43)41-25-29-11-5-3-6-12-29)32-19-22-38(39(23-32)45-2)46-28-31-13-7-4-8-14-31/h3-23,27,35H,24-26,28H2,1-2H3,(H,41,43). The van der Waals surface area contributed by atoms with E-state index in [-0.39, 0.29) is 18.2 Å². The van der Waals surface area contributed by atoms with Gasteiger partial charge in [-0.3, -0.25) is 4.79 Å². The molecule has 1 amide bonds. The van der Waals surface area contributed by atoms with E-state index in [1.165, 1.54) is 0 Å². The van der Waals surface area contributed by atoms with Gasteiger partial charge >= 0.3 is 0 Å². The molecule has 0 aliphatic carbocycles. The Morgan fingerprint density at radius 2 is 1.41 bits per heavy atom. The van der Waals surface area contributed by atoms with E-state index in [4.69, 9.17) is 14.2 Å². The highest BCUT2D eigenvalue weighted by atomic mass is 16.5. The van der Waals surface area contributed by atoms with Gasteiger partial charge in [0, 0.05) is 42.5 Å². The van der Waals surface area contributed by atoms with Gasteiger partial charge in [0.1, 0.15) is 12.4 Å². The minimum atomic E-state index is -0.227. The van der Waals surface area contributed by atoms with Crippen molar-refractivity contribution in [3.05, 3.63) is 161 Å². The van der Waals surface area contributed by atoms with Crippen LogP contribution < -0.4 is 19.5 Å². The molecule has 0 saturated heterocycles. The number of ether oxygens (including phenoxy) is 3. The summed E-state index contributed by atoms with van der Waals surface area (Å²) in [6.07, 6.45) is 2.47. The lowest BCUT2D eigenvalue weighted by Gasteiger charge is -2.20.